The van der Waals surface area contributed by atoms with E-state index in [2.05, 4.69) is 17.6 Å². The van der Waals surface area contributed by atoms with Crippen molar-refractivity contribution in [2.45, 2.75) is 4.21 Å². The highest BCUT2D eigenvalue weighted by Crippen LogP contribution is 2.35. The average molecular weight is 263 g/mol. The van der Waals surface area contributed by atoms with Crippen molar-refractivity contribution >= 4 is 24.0 Å². The Morgan fingerprint density at radius 2 is 1.94 bits per heavy atom. The largest absolute Gasteiger partial charge is 0.503 e. The topological polar surface area (TPSA) is 33.1 Å². The lowest BCUT2D eigenvalue weighted by atomic mass is 10.2. The number of phenolic OH excluding ortho intramolecular Hbond substituents is 1. The second-order valence-corrected chi connectivity index (χ2v) is 4.70. The SMILES string of the molecule is Oc1c(F)c(F)cc(-c2ncc(S)s2)c1F. The molecule has 7 heteroatoms. The van der Waals surface area contributed by atoms with Gasteiger partial charge in [0.2, 0.25) is 5.82 Å². The third kappa shape index (κ3) is 1.76. The molecule has 1 aromatic heterocycles. The molecule has 0 saturated heterocycles. The quantitative estimate of drug-likeness (QED) is 0.611. The summed E-state index contributed by atoms with van der Waals surface area (Å²) in [6, 6.07) is 0.649. The predicted octanol–water partition coefficient (Wildman–Crippen LogP) is 3.22. The highest BCUT2D eigenvalue weighted by molar-refractivity contribution is 7.83. The molecular formula is C9H4F3NOS2. The number of hydrogen-bond acceptors (Lipinski definition) is 4. The minimum Gasteiger partial charge on any atom is -0.503 e. The molecule has 0 aliphatic heterocycles. The summed E-state index contributed by atoms with van der Waals surface area (Å²) >= 11 is 4.96. The Balaban J connectivity index is 2.66. The van der Waals surface area contributed by atoms with Gasteiger partial charge in [-0.1, -0.05) is 0 Å². The van der Waals surface area contributed by atoms with Crippen LogP contribution in [0.2, 0.25) is 0 Å². The maximum atomic E-state index is 13.4. The Hall–Kier alpha value is -1.21. The van der Waals surface area contributed by atoms with Crippen LogP contribution in [0.15, 0.2) is 16.5 Å². The molecule has 0 radical (unpaired) electrons. The van der Waals surface area contributed by atoms with Gasteiger partial charge in [0, 0.05) is 0 Å². The van der Waals surface area contributed by atoms with Crippen molar-refractivity contribution in [3.8, 4) is 16.3 Å². The van der Waals surface area contributed by atoms with Gasteiger partial charge in [0.1, 0.15) is 5.01 Å². The second-order valence-electron chi connectivity index (χ2n) is 2.89. The maximum Gasteiger partial charge on any atom is 0.203 e. The summed E-state index contributed by atoms with van der Waals surface area (Å²) in [5, 5.41) is 9.13. The first kappa shape index (κ1) is 11.3. The van der Waals surface area contributed by atoms with Crippen LogP contribution in [0, 0.1) is 17.5 Å². The number of thiazole rings is 1. The number of phenols is 1. The maximum absolute atomic E-state index is 13.4. The summed E-state index contributed by atoms with van der Waals surface area (Å²) in [6.07, 6.45) is 1.35. The van der Waals surface area contributed by atoms with Gasteiger partial charge in [0.15, 0.2) is 17.4 Å². The summed E-state index contributed by atoms with van der Waals surface area (Å²) in [6.45, 7) is 0. The van der Waals surface area contributed by atoms with Gasteiger partial charge in [-0.2, -0.15) is 4.39 Å². The first-order valence-electron chi connectivity index (χ1n) is 4.02. The van der Waals surface area contributed by atoms with Gasteiger partial charge < -0.3 is 5.11 Å². The molecule has 1 N–H and O–H groups in total. The van der Waals surface area contributed by atoms with Crippen LogP contribution in [0.1, 0.15) is 0 Å². The molecule has 0 aliphatic carbocycles. The van der Waals surface area contributed by atoms with Crippen molar-refractivity contribution in [2.24, 2.45) is 0 Å². The lowest BCUT2D eigenvalue weighted by Gasteiger charge is -2.03. The molecular weight excluding hydrogens is 259 g/mol. The average Bonchev–Trinajstić information content (AvgIpc) is 2.67. The summed E-state index contributed by atoms with van der Waals surface area (Å²) in [5.74, 6) is -5.51. The molecule has 0 bridgehead atoms. The lowest BCUT2D eigenvalue weighted by Crippen LogP contribution is -1.92. The molecule has 1 heterocycles. The van der Waals surface area contributed by atoms with E-state index in [1.165, 1.54) is 6.20 Å². The van der Waals surface area contributed by atoms with Gasteiger partial charge in [-0.05, 0) is 6.07 Å². The smallest absolute Gasteiger partial charge is 0.203 e. The summed E-state index contributed by atoms with van der Waals surface area (Å²) in [5.41, 5.74) is -0.290. The van der Waals surface area contributed by atoms with E-state index in [9.17, 15) is 13.2 Å². The van der Waals surface area contributed by atoms with E-state index in [0.717, 1.165) is 11.3 Å². The van der Waals surface area contributed by atoms with Crippen LogP contribution in [0.25, 0.3) is 10.6 Å². The number of aromatic nitrogens is 1. The van der Waals surface area contributed by atoms with E-state index in [0.29, 0.717) is 10.3 Å². The van der Waals surface area contributed by atoms with E-state index >= 15 is 0 Å². The van der Waals surface area contributed by atoms with Crippen molar-refractivity contribution in [1.82, 2.24) is 4.98 Å². The monoisotopic (exact) mass is 263 g/mol. The summed E-state index contributed by atoms with van der Waals surface area (Å²) in [7, 11) is 0. The number of benzene rings is 1. The Kier molecular flexibility index (Phi) is 2.81. The molecule has 0 spiro atoms. The van der Waals surface area contributed by atoms with Crippen molar-refractivity contribution in [3.05, 3.63) is 29.7 Å². The van der Waals surface area contributed by atoms with Gasteiger partial charge in [0.25, 0.3) is 0 Å². The zero-order chi connectivity index (χ0) is 11.9. The Bertz CT molecular complexity index is 556. The van der Waals surface area contributed by atoms with Crippen LogP contribution in [0.5, 0.6) is 5.75 Å². The minimum absolute atomic E-state index is 0.122. The van der Waals surface area contributed by atoms with Crippen molar-refractivity contribution in [1.29, 1.82) is 0 Å². The number of thiol groups is 1. The summed E-state index contributed by atoms with van der Waals surface area (Å²) < 4.78 is 39.7. The number of hydrogen-bond donors (Lipinski definition) is 2. The molecule has 0 amide bonds. The molecule has 2 aromatic rings. The highest BCUT2D eigenvalue weighted by atomic mass is 32.2. The standard InChI is InChI=1S/C9H4F3NOS2/c10-4-1-3(6(11)8(14)7(4)12)9-13-2-5(15)16-9/h1-2,14-15H. The Morgan fingerprint density at radius 3 is 2.50 bits per heavy atom. The van der Waals surface area contributed by atoms with Crippen LogP contribution < -0.4 is 0 Å². The molecule has 0 atom stereocenters. The van der Waals surface area contributed by atoms with Gasteiger partial charge in [0.05, 0.1) is 16.0 Å². The number of halogens is 3. The molecule has 2 nitrogen and oxygen atoms in total. The van der Waals surface area contributed by atoms with E-state index < -0.39 is 23.2 Å². The van der Waals surface area contributed by atoms with Crippen LogP contribution in [-0.2, 0) is 0 Å². The van der Waals surface area contributed by atoms with Gasteiger partial charge >= 0.3 is 0 Å². The third-order valence-corrected chi connectivity index (χ3v) is 3.08. The van der Waals surface area contributed by atoms with Crippen molar-refractivity contribution in [2.75, 3.05) is 0 Å². The van der Waals surface area contributed by atoms with Crippen LogP contribution in [0.4, 0.5) is 13.2 Å². The fourth-order valence-corrected chi connectivity index (χ4v) is 2.12. The first-order chi connectivity index (χ1) is 7.50. The molecule has 1 aromatic carbocycles. The van der Waals surface area contributed by atoms with E-state index in [-0.39, 0.29) is 10.6 Å². The molecule has 0 saturated carbocycles. The molecule has 2 rings (SSSR count). The summed E-state index contributed by atoms with van der Waals surface area (Å²) in [4.78, 5) is 3.76. The van der Waals surface area contributed by atoms with Crippen molar-refractivity contribution in [3.63, 3.8) is 0 Å². The first-order valence-corrected chi connectivity index (χ1v) is 5.28. The fourth-order valence-electron chi connectivity index (χ4n) is 1.14. The normalized spacial score (nSPS) is 10.8. The van der Waals surface area contributed by atoms with Crippen LogP contribution >= 0.6 is 24.0 Å². The molecule has 0 aliphatic rings. The number of nitrogens with zero attached hydrogens (tertiary/aromatic N) is 1. The van der Waals surface area contributed by atoms with Gasteiger partial charge in [-0.25, -0.2) is 13.8 Å². The second kappa shape index (κ2) is 3.99. The Labute approximate surface area is 97.8 Å². The van der Waals surface area contributed by atoms with E-state index in [1.807, 2.05) is 0 Å². The molecule has 0 unspecified atom stereocenters. The van der Waals surface area contributed by atoms with Crippen LogP contribution in [0.3, 0.4) is 0 Å². The molecule has 84 valence electrons. The van der Waals surface area contributed by atoms with Gasteiger partial charge in [-0.3, -0.25) is 0 Å². The lowest BCUT2D eigenvalue weighted by molar-refractivity contribution is 0.377. The fraction of sp³-hybridized carbons (Fsp3) is 0. The van der Waals surface area contributed by atoms with E-state index in [1.54, 1.807) is 0 Å². The van der Waals surface area contributed by atoms with Crippen LogP contribution in [-0.4, -0.2) is 10.1 Å². The number of rotatable bonds is 1. The highest BCUT2D eigenvalue weighted by Gasteiger charge is 2.20. The van der Waals surface area contributed by atoms with Gasteiger partial charge in [-0.15, -0.1) is 24.0 Å². The zero-order valence-corrected chi connectivity index (χ0v) is 9.25. The molecule has 16 heavy (non-hydrogen) atoms. The third-order valence-electron chi connectivity index (χ3n) is 1.86. The predicted molar refractivity (Wildman–Crippen MR) is 56.3 cm³/mol. The van der Waals surface area contributed by atoms with Crippen molar-refractivity contribution < 1.29 is 18.3 Å². The Morgan fingerprint density at radius 1 is 1.25 bits per heavy atom. The zero-order valence-electron chi connectivity index (χ0n) is 7.54. The molecule has 0 fully saturated rings. The number of aromatic hydroxyl groups is 1. The minimum atomic E-state index is -1.61. The van der Waals surface area contributed by atoms with E-state index in [4.69, 9.17) is 5.11 Å².